The summed E-state index contributed by atoms with van der Waals surface area (Å²) in [6, 6.07) is 11.2. The van der Waals surface area contributed by atoms with Gasteiger partial charge in [-0.15, -0.1) is 0 Å². The lowest BCUT2D eigenvalue weighted by molar-refractivity contribution is -0.129. The molecule has 1 atom stereocenters. The van der Waals surface area contributed by atoms with E-state index in [1.807, 2.05) is 0 Å². The van der Waals surface area contributed by atoms with Crippen molar-refractivity contribution in [2.45, 2.75) is 45.2 Å². The normalized spacial score (nSPS) is 17.0. The molecule has 0 aliphatic carbocycles. The molecule has 13 heteroatoms. The molecule has 3 heterocycles. The minimum absolute atomic E-state index is 0.0262. The third-order valence-corrected chi connectivity index (χ3v) is 7.21. The summed E-state index contributed by atoms with van der Waals surface area (Å²) in [6.45, 7) is 2.59. The highest BCUT2D eigenvalue weighted by Gasteiger charge is 2.21. The van der Waals surface area contributed by atoms with Crippen molar-refractivity contribution < 1.29 is 33.0 Å². The number of hydrogen-bond donors (Lipinski definition) is 4. The lowest BCUT2D eigenvalue weighted by Crippen LogP contribution is -2.46. The van der Waals surface area contributed by atoms with Gasteiger partial charge in [-0.25, -0.2) is 9.37 Å². The number of halogens is 1. The van der Waals surface area contributed by atoms with Crippen LogP contribution in [0.5, 0.6) is 17.2 Å². The number of pyridine rings is 1. The van der Waals surface area contributed by atoms with E-state index in [4.69, 9.17) is 15.2 Å². The smallest absolute Gasteiger partial charge is 0.255 e. The first-order valence-electron chi connectivity index (χ1n) is 14.7. The molecule has 0 saturated heterocycles. The molecule has 1 aromatic heterocycles. The molecule has 0 saturated carbocycles. The number of nitrogens with zero attached hydrogens (tertiary/aromatic N) is 2. The Morgan fingerprint density at radius 2 is 1.87 bits per heavy atom. The van der Waals surface area contributed by atoms with Crippen molar-refractivity contribution in [3.8, 4) is 17.2 Å². The van der Waals surface area contributed by atoms with E-state index >= 15 is 4.39 Å². The van der Waals surface area contributed by atoms with Crippen molar-refractivity contribution in [1.82, 2.24) is 25.8 Å². The van der Waals surface area contributed by atoms with Gasteiger partial charge in [-0.3, -0.25) is 19.2 Å². The van der Waals surface area contributed by atoms with Crippen molar-refractivity contribution in [2.75, 3.05) is 32.5 Å². The van der Waals surface area contributed by atoms with E-state index < -0.39 is 23.7 Å². The Morgan fingerprint density at radius 3 is 2.58 bits per heavy atom. The number of nitrogens with two attached hydrogens (primary N) is 1. The number of amides is 4. The highest BCUT2D eigenvalue weighted by molar-refractivity contribution is 5.95. The van der Waals surface area contributed by atoms with E-state index in [0.29, 0.717) is 36.1 Å². The minimum atomic E-state index is -0.784. The van der Waals surface area contributed by atoms with Crippen LogP contribution in [-0.2, 0) is 16.1 Å². The van der Waals surface area contributed by atoms with Crippen LogP contribution < -0.4 is 31.2 Å². The Kier molecular flexibility index (Phi) is 11.3. The van der Waals surface area contributed by atoms with Gasteiger partial charge in [-0.05, 0) is 67.3 Å². The van der Waals surface area contributed by atoms with Gasteiger partial charge in [-0.1, -0.05) is 13.0 Å². The van der Waals surface area contributed by atoms with E-state index in [1.165, 1.54) is 37.6 Å². The third-order valence-electron chi connectivity index (χ3n) is 7.21. The number of benzene rings is 2. The number of methoxy groups -OCH3 is 1. The zero-order valence-electron chi connectivity index (χ0n) is 25.2. The van der Waals surface area contributed by atoms with Crippen molar-refractivity contribution in [1.29, 1.82) is 0 Å². The number of anilines is 1. The monoisotopic (exact) mass is 620 g/mol. The van der Waals surface area contributed by atoms with Crippen LogP contribution in [0.2, 0.25) is 0 Å². The van der Waals surface area contributed by atoms with Gasteiger partial charge in [0.2, 0.25) is 11.8 Å². The molecule has 238 valence electrons. The molecule has 0 fully saturated rings. The summed E-state index contributed by atoms with van der Waals surface area (Å²) >= 11 is 0. The van der Waals surface area contributed by atoms with Crippen molar-refractivity contribution >= 4 is 29.4 Å². The molecule has 4 bridgehead atoms. The fraction of sp³-hybridized carbons (Fsp3) is 0.344. The molecule has 5 rings (SSSR count). The molecule has 2 aliphatic rings. The van der Waals surface area contributed by atoms with E-state index in [9.17, 15) is 19.2 Å². The number of aromatic nitrogens is 1. The van der Waals surface area contributed by atoms with Gasteiger partial charge in [-0.2, -0.15) is 0 Å². The van der Waals surface area contributed by atoms with E-state index in [0.717, 1.165) is 0 Å². The molecule has 3 aromatic rings. The van der Waals surface area contributed by atoms with Crippen LogP contribution in [0.15, 0.2) is 54.7 Å². The predicted octanol–water partition coefficient (Wildman–Crippen LogP) is 3.17. The van der Waals surface area contributed by atoms with Crippen LogP contribution in [0.25, 0.3) is 0 Å². The van der Waals surface area contributed by atoms with E-state index in [2.05, 4.69) is 20.9 Å². The molecular formula is C32H37FN6O6. The molecule has 5 N–H and O–H groups in total. The van der Waals surface area contributed by atoms with Gasteiger partial charge < -0.3 is 36.1 Å². The number of carbonyl (C=O) groups is 4. The number of hydrogen-bond acceptors (Lipinski definition) is 8. The summed E-state index contributed by atoms with van der Waals surface area (Å²) in [5.74, 6) is -1.48. The highest BCUT2D eigenvalue weighted by atomic mass is 19.1. The van der Waals surface area contributed by atoms with Crippen molar-refractivity contribution in [2.24, 2.45) is 0 Å². The Labute approximate surface area is 260 Å². The highest BCUT2D eigenvalue weighted by Crippen LogP contribution is 2.34. The largest absolute Gasteiger partial charge is 0.493 e. The second-order valence-corrected chi connectivity index (χ2v) is 10.5. The lowest BCUT2D eigenvalue weighted by Gasteiger charge is -2.23. The van der Waals surface area contributed by atoms with Crippen LogP contribution in [0.4, 0.5) is 10.2 Å². The number of carbonyl (C=O) groups excluding carboxylic acids is 4. The summed E-state index contributed by atoms with van der Waals surface area (Å²) in [5.41, 5.74) is 6.76. The first kappa shape index (κ1) is 32.7. The fourth-order valence-corrected chi connectivity index (χ4v) is 4.72. The molecule has 45 heavy (non-hydrogen) atoms. The first-order valence-corrected chi connectivity index (χ1v) is 14.7. The average molecular weight is 621 g/mol. The minimum Gasteiger partial charge on any atom is -0.493 e. The summed E-state index contributed by atoms with van der Waals surface area (Å²) in [4.78, 5) is 57.4. The van der Waals surface area contributed by atoms with Crippen LogP contribution in [-0.4, -0.2) is 66.3 Å². The van der Waals surface area contributed by atoms with Crippen molar-refractivity contribution in [3.05, 3.63) is 77.2 Å². The summed E-state index contributed by atoms with van der Waals surface area (Å²) in [7, 11) is 1.43. The maximum Gasteiger partial charge on any atom is 0.255 e. The number of nitrogens with one attached hydrogen (secondary N) is 3. The van der Waals surface area contributed by atoms with Gasteiger partial charge in [0.25, 0.3) is 11.8 Å². The predicted molar refractivity (Wildman–Crippen MR) is 164 cm³/mol. The number of ether oxygens (including phenoxy) is 2. The van der Waals surface area contributed by atoms with Gasteiger partial charge >= 0.3 is 0 Å². The fourth-order valence-electron chi connectivity index (χ4n) is 4.72. The zero-order valence-corrected chi connectivity index (χ0v) is 25.2. The Bertz CT molecular complexity index is 1530. The number of rotatable bonds is 3. The molecule has 0 radical (unpaired) electrons. The molecule has 2 aliphatic heterocycles. The van der Waals surface area contributed by atoms with Gasteiger partial charge in [0.1, 0.15) is 11.9 Å². The number of fused-ring (bicyclic) bond motifs is 16. The van der Waals surface area contributed by atoms with E-state index in [1.54, 1.807) is 36.1 Å². The van der Waals surface area contributed by atoms with Gasteiger partial charge in [0.05, 0.1) is 12.7 Å². The van der Waals surface area contributed by atoms with Crippen LogP contribution in [0.3, 0.4) is 0 Å². The van der Waals surface area contributed by atoms with Crippen LogP contribution in [0, 0.1) is 5.82 Å². The second-order valence-electron chi connectivity index (χ2n) is 10.5. The SMILES string of the molecule is CC[C@@H]1NC(=O)CCCN(C(=O)c2ccc(N)nc2)CCCNC(=O)c2ccc(OC)c(c2)Oc2ccc(cc2F)CNC1=O. The average Bonchev–Trinajstić information content (AvgIpc) is 3.04. The summed E-state index contributed by atoms with van der Waals surface area (Å²) in [6.07, 6.45) is 2.58. The van der Waals surface area contributed by atoms with Crippen LogP contribution in [0.1, 0.15) is 58.9 Å². The molecule has 2 aromatic carbocycles. The summed E-state index contributed by atoms with van der Waals surface area (Å²) < 4.78 is 26.1. The van der Waals surface area contributed by atoms with Gasteiger partial charge in [0, 0.05) is 44.4 Å². The quantitative estimate of drug-likeness (QED) is 0.347. The first-order chi connectivity index (χ1) is 21.7. The molecule has 12 nitrogen and oxygen atoms in total. The Hall–Kier alpha value is -5.20. The second kappa shape index (κ2) is 15.5. The third kappa shape index (κ3) is 8.91. The zero-order chi connectivity index (χ0) is 32.3. The lowest BCUT2D eigenvalue weighted by atomic mass is 10.1. The van der Waals surface area contributed by atoms with Crippen LogP contribution >= 0.6 is 0 Å². The Morgan fingerprint density at radius 1 is 1.07 bits per heavy atom. The van der Waals surface area contributed by atoms with Gasteiger partial charge in [0.15, 0.2) is 23.1 Å². The number of nitrogen functional groups attached to an aromatic ring is 1. The van der Waals surface area contributed by atoms with E-state index in [-0.39, 0.29) is 67.3 Å². The molecule has 0 spiro atoms. The Balaban J connectivity index is 1.56. The molecular weight excluding hydrogens is 583 g/mol. The molecule has 0 unspecified atom stereocenters. The topological polar surface area (TPSA) is 165 Å². The standard InChI is InChI=1S/C32H37FN6O6/c1-3-24-31(42)37-18-20-7-10-25(23(33)16-20)45-27-17-21(8-11-26(27)44-2)30(41)35-13-5-15-39(14-4-6-29(40)38-24)32(43)22-9-12-28(34)36-19-22/h7-12,16-17,19,24H,3-6,13-15,18H2,1-2H3,(H2,34,36)(H,35,41)(H,37,42)(H,38,40)/t24-/m0/s1. The molecule has 4 amide bonds. The van der Waals surface area contributed by atoms with Crippen molar-refractivity contribution in [3.63, 3.8) is 0 Å². The maximum atomic E-state index is 15.0. The summed E-state index contributed by atoms with van der Waals surface area (Å²) in [5, 5.41) is 8.30. The maximum absolute atomic E-state index is 15.0.